The van der Waals surface area contributed by atoms with Crippen LogP contribution in [-0.4, -0.2) is 0 Å². The standard InChI is InChI=1S/15Ce.40O/q15*+3;40*-2. The maximum absolute atomic E-state index is 0. The van der Waals surface area contributed by atoms with Gasteiger partial charge in [-0.25, -0.2) is 0 Å². The van der Waals surface area contributed by atoms with Gasteiger partial charge in [-0.15, -0.1) is 0 Å². The zero-order valence-corrected chi connectivity index (χ0v) is 70.9. The van der Waals surface area contributed by atoms with Gasteiger partial charge < -0.3 is 219 Å². The van der Waals surface area contributed by atoms with E-state index in [-0.39, 0.29) is 845 Å². The van der Waals surface area contributed by atoms with E-state index in [1.807, 2.05) is 0 Å². The SMILES string of the molecule is [Ce+3].[Ce+3].[Ce+3].[Ce+3].[Ce+3].[Ce+3].[Ce+3].[Ce+3].[Ce+3].[Ce+3].[Ce+3].[Ce+3].[Ce+3].[Ce+3].[Ce+3].[O-2].[O-2].[O-2].[O-2].[O-2].[O-2].[O-2].[O-2].[O-2].[O-2].[O-2].[O-2].[O-2].[O-2].[O-2].[O-2].[O-2].[O-2].[O-2].[O-2].[O-2].[O-2].[O-2].[O-2].[O-2].[O-2].[O-2].[O-2].[O-2].[O-2].[O-2].[O-2].[O-2].[O-2].[O-2].[O-2].[O-2].[O-2].[O-2].[O-2]. The molecule has 0 atom stereocenters. The summed E-state index contributed by atoms with van der Waals surface area (Å²) in [5, 5.41) is 0. The summed E-state index contributed by atoms with van der Waals surface area (Å²) >= 11 is 0. The quantitative estimate of drug-likeness (QED) is 0.221. The van der Waals surface area contributed by atoms with Crippen molar-refractivity contribution in [3.63, 3.8) is 0 Å². The Hall–Kier alpha value is 19.0. The third-order valence-electron chi connectivity index (χ3n) is 0. The summed E-state index contributed by atoms with van der Waals surface area (Å²) in [5.41, 5.74) is 0. The van der Waals surface area contributed by atoms with Crippen LogP contribution < -0.4 is 0 Å². The van der Waals surface area contributed by atoms with Crippen molar-refractivity contribution < 1.29 is 845 Å². The van der Waals surface area contributed by atoms with Crippen molar-refractivity contribution >= 4 is 0 Å². The zero-order valence-electron chi connectivity index (χ0n) is 23.8. The van der Waals surface area contributed by atoms with Crippen LogP contribution in [0.25, 0.3) is 0 Å². The fraction of sp³-hybridized carbons (Fsp3) is 0. The Morgan fingerprint density at radius 2 is 0.0364 bits per heavy atom. The molecule has 0 aromatic rings. The monoisotopic (exact) mass is 2740 g/mol. The molecule has 0 bridgehead atoms. The molecule has 0 amide bonds. The molecule has 40 nitrogen and oxygen atoms in total. The molecule has 0 saturated carbocycles. The molecule has 55 heavy (non-hydrogen) atoms. The zero-order chi connectivity index (χ0) is 0. The molecule has 55 heteroatoms. The summed E-state index contributed by atoms with van der Waals surface area (Å²) in [7, 11) is 0. The minimum absolute atomic E-state index is 0. The summed E-state index contributed by atoms with van der Waals surface area (Å²) in [5.74, 6) is 0. The smallest absolute Gasteiger partial charge is 2.00 e. The van der Waals surface area contributed by atoms with Gasteiger partial charge >= 0.3 is 626 Å². The first kappa shape index (κ1) is 1090. The second-order valence-electron chi connectivity index (χ2n) is 0. The number of rotatable bonds is 0. The van der Waals surface area contributed by atoms with Crippen LogP contribution in [0.4, 0.5) is 0 Å². The van der Waals surface area contributed by atoms with Gasteiger partial charge in [0, 0.05) is 0 Å². The van der Waals surface area contributed by atoms with Crippen LogP contribution in [0.15, 0.2) is 0 Å². The van der Waals surface area contributed by atoms with E-state index in [0.29, 0.717) is 0 Å². The topological polar surface area (TPSA) is 1140 Å². The van der Waals surface area contributed by atoms with Gasteiger partial charge in [-0.3, -0.25) is 0 Å². The molecule has 0 saturated heterocycles. The van der Waals surface area contributed by atoms with Crippen LogP contribution in [-0.2, 0) is 219 Å². The van der Waals surface area contributed by atoms with Crippen molar-refractivity contribution in [1.82, 2.24) is 0 Å². The predicted molar refractivity (Wildman–Crippen MR) is 27.5 cm³/mol. The first-order valence-corrected chi connectivity index (χ1v) is 0. The normalized spacial score (nSPS) is 0. The molecule has 0 aliphatic rings. The first-order chi connectivity index (χ1) is 0. The Labute approximate surface area is 819 Å². The van der Waals surface area contributed by atoms with Crippen LogP contribution in [0.5, 0.6) is 0 Å². The molecule has 0 aromatic carbocycles. The van der Waals surface area contributed by atoms with E-state index < -0.39 is 0 Å². The average molecular weight is 2740 g/mol. The van der Waals surface area contributed by atoms with E-state index >= 15 is 0 Å². The van der Waals surface area contributed by atoms with E-state index in [0.717, 1.165) is 0 Å². The molecule has 0 aliphatic carbocycles. The van der Waals surface area contributed by atoms with Crippen molar-refractivity contribution in [2.24, 2.45) is 0 Å². The van der Waals surface area contributed by atoms with E-state index in [9.17, 15) is 0 Å². The van der Waals surface area contributed by atoms with Gasteiger partial charge in [0.1, 0.15) is 0 Å². The Kier molecular flexibility index (Phi) is 20700. The fourth-order valence-corrected chi connectivity index (χ4v) is 0. The average Bonchev–Trinajstić information content (AvgIpc) is 0. The summed E-state index contributed by atoms with van der Waals surface area (Å²) in [4.78, 5) is 0. The largest absolute Gasteiger partial charge is 3.00 e. The summed E-state index contributed by atoms with van der Waals surface area (Å²) in [6.45, 7) is 0. The molecule has 0 N–H and O–H groups in total. The molecular formula is Ce15O40-35. The van der Waals surface area contributed by atoms with Gasteiger partial charge in [-0.1, -0.05) is 0 Å². The van der Waals surface area contributed by atoms with Gasteiger partial charge in [-0.05, 0) is 0 Å². The van der Waals surface area contributed by atoms with Crippen LogP contribution in [0.2, 0.25) is 0 Å². The van der Waals surface area contributed by atoms with Crippen LogP contribution >= 0.6 is 0 Å². The molecule has 0 spiro atoms. The predicted octanol–water partition coefficient (Wildman–Crippen LogP) is -4.75. The molecular weight excluding hydrogens is 2740 g/mol. The van der Waals surface area contributed by atoms with Crippen molar-refractivity contribution in [2.75, 3.05) is 0 Å². The maximum Gasteiger partial charge on any atom is 3.00 e. The van der Waals surface area contributed by atoms with Crippen LogP contribution in [0, 0.1) is 626 Å². The Morgan fingerprint density at radius 3 is 0.0364 bits per heavy atom. The van der Waals surface area contributed by atoms with E-state index in [1.54, 1.807) is 0 Å². The summed E-state index contributed by atoms with van der Waals surface area (Å²) < 4.78 is 0. The van der Waals surface area contributed by atoms with Crippen LogP contribution in [0.1, 0.15) is 0 Å². The Bertz CT molecular complexity index is 46.5. The van der Waals surface area contributed by atoms with Crippen molar-refractivity contribution in [1.29, 1.82) is 0 Å². The van der Waals surface area contributed by atoms with Gasteiger partial charge in [0.15, 0.2) is 0 Å². The number of hydrogen-bond acceptors (Lipinski definition) is 0. The Balaban J connectivity index is 0. The van der Waals surface area contributed by atoms with Crippen molar-refractivity contribution in [3.05, 3.63) is 0 Å². The second-order valence-corrected chi connectivity index (χ2v) is 0. The van der Waals surface area contributed by atoms with Gasteiger partial charge in [-0.2, -0.15) is 0 Å². The third kappa shape index (κ3) is 1020. The minimum atomic E-state index is 0. The molecule has 0 rings (SSSR count). The Morgan fingerprint density at radius 1 is 0.0364 bits per heavy atom. The van der Waals surface area contributed by atoms with Gasteiger partial charge in [0.2, 0.25) is 0 Å². The molecule has 335 valence electrons. The minimum Gasteiger partial charge on any atom is -2.00 e. The van der Waals surface area contributed by atoms with Gasteiger partial charge in [0.05, 0.1) is 0 Å². The first-order valence-electron chi connectivity index (χ1n) is 0. The summed E-state index contributed by atoms with van der Waals surface area (Å²) in [6.07, 6.45) is 0. The molecule has 15 radical (unpaired) electrons. The number of hydrogen-bond donors (Lipinski definition) is 0. The van der Waals surface area contributed by atoms with E-state index in [4.69, 9.17) is 0 Å². The van der Waals surface area contributed by atoms with Gasteiger partial charge in [0.25, 0.3) is 0 Å². The third-order valence-corrected chi connectivity index (χ3v) is 0. The molecule has 0 unspecified atom stereocenters. The maximum atomic E-state index is 0. The van der Waals surface area contributed by atoms with Crippen molar-refractivity contribution in [3.8, 4) is 0 Å². The molecule has 0 heterocycles. The summed E-state index contributed by atoms with van der Waals surface area (Å²) in [6, 6.07) is 0. The van der Waals surface area contributed by atoms with Crippen LogP contribution in [0.3, 0.4) is 0 Å². The fourth-order valence-electron chi connectivity index (χ4n) is 0. The molecule has 0 fully saturated rings. The second kappa shape index (κ2) is 1040. The van der Waals surface area contributed by atoms with Crippen molar-refractivity contribution in [2.45, 2.75) is 0 Å². The van der Waals surface area contributed by atoms with E-state index in [2.05, 4.69) is 0 Å². The van der Waals surface area contributed by atoms with E-state index in [1.165, 1.54) is 0 Å². The molecule has 0 aliphatic heterocycles. The molecule has 0 aromatic heterocycles.